The molecule has 0 radical (unpaired) electrons. The Labute approximate surface area is 212 Å². The molecule has 0 saturated heterocycles. The molecule has 6 rings (SSSR count). The smallest absolute Gasteiger partial charge is 0.0996 e. The van der Waals surface area contributed by atoms with Crippen LogP contribution in [-0.2, 0) is 0 Å². The fourth-order valence-electron chi connectivity index (χ4n) is 4.46. The zero-order chi connectivity index (χ0) is 23.6. The first-order chi connectivity index (χ1) is 17.3. The Kier molecular flexibility index (Phi) is 5.72. The molecule has 0 saturated carbocycles. The predicted octanol–water partition coefficient (Wildman–Crippen LogP) is 7.05. The van der Waals surface area contributed by atoms with Crippen molar-refractivity contribution in [2.75, 3.05) is 5.01 Å². The number of hydrazone groups is 1. The second-order valence-corrected chi connectivity index (χ2v) is 9.32. The molecule has 3 heterocycles. The lowest BCUT2D eigenvalue weighted by Crippen LogP contribution is -2.18. The standard InChI is InChI=1S/C29H22BrN5/c30-23-15-13-21(14-16-23)27-18-28(35(32-27)25-11-5-2-6-12-25)26-20-34(24-9-3-1-4-10-24)33-29(26)22-8-7-17-31-19-22/h1-17,19-20,28H,18H2. The maximum Gasteiger partial charge on any atom is 0.0996 e. The van der Waals surface area contributed by atoms with Crippen LogP contribution >= 0.6 is 15.9 Å². The second-order valence-electron chi connectivity index (χ2n) is 8.41. The van der Waals surface area contributed by atoms with Gasteiger partial charge in [-0.3, -0.25) is 9.99 Å². The normalized spacial score (nSPS) is 15.3. The molecule has 1 aliphatic heterocycles. The molecule has 0 fully saturated rings. The van der Waals surface area contributed by atoms with E-state index < -0.39 is 0 Å². The van der Waals surface area contributed by atoms with E-state index in [-0.39, 0.29) is 6.04 Å². The first kappa shape index (κ1) is 21.5. The van der Waals surface area contributed by atoms with E-state index in [9.17, 15) is 0 Å². The number of benzene rings is 3. The molecule has 2 aromatic heterocycles. The van der Waals surface area contributed by atoms with Gasteiger partial charge in [-0.05, 0) is 54.1 Å². The summed E-state index contributed by atoms with van der Waals surface area (Å²) in [6, 6.07) is 32.9. The lowest BCUT2D eigenvalue weighted by molar-refractivity contribution is 0.709. The maximum atomic E-state index is 5.11. The molecule has 3 aromatic carbocycles. The first-order valence-corrected chi connectivity index (χ1v) is 12.3. The Morgan fingerprint density at radius 1 is 0.743 bits per heavy atom. The highest BCUT2D eigenvalue weighted by Gasteiger charge is 2.33. The van der Waals surface area contributed by atoms with Gasteiger partial charge in [-0.1, -0.05) is 64.5 Å². The van der Waals surface area contributed by atoms with Gasteiger partial charge in [0.15, 0.2) is 0 Å². The highest BCUT2D eigenvalue weighted by atomic mass is 79.9. The molecule has 5 aromatic rings. The molecule has 170 valence electrons. The number of anilines is 1. The van der Waals surface area contributed by atoms with Crippen LogP contribution < -0.4 is 5.01 Å². The van der Waals surface area contributed by atoms with Gasteiger partial charge in [0.05, 0.1) is 28.8 Å². The largest absolute Gasteiger partial charge is 0.264 e. The zero-order valence-electron chi connectivity index (χ0n) is 18.9. The van der Waals surface area contributed by atoms with Crippen molar-refractivity contribution >= 4 is 27.3 Å². The lowest BCUT2D eigenvalue weighted by atomic mass is 9.96. The van der Waals surface area contributed by atoms with E-state index in [0.29, 0.717) is 0 Å². The molecule has 35 heavy (non-hydrogen) atoms. The SMILES string of the molecule is Brc1ccc(C2=NN(c3ccccc3)C(c3cn(-c4ccccc4)nc3-c3cccnc3)C2)cc1. The molecule has 5 nitrogen and oxygen atoms in total. The van der Waals surface area contributed by atoms with Crippen molar-refractivity contribution in [3.8, 4) is 16.9 Å². The van der Waals surface area contributed by atoms with Crippen molar-refractivity contribution in [1.82, 2.24) is 14.8 Å². The molecule has 1 atom stereocenters. The van der Waals surface area contributed by atoms with Crippen molar-refractivity contribution in [3.05, 3.63) is 131 Å². The van der Waals surface area contributed by atoms with E-state index in [1.807, 2.05) is 41.2 Å². The number of hydrogen-bond donors (Lipinski definition) is 0. The Morgan fingerprint density at radius 3 is 2.14 bits per heavy atom. The summed E-state index contributed by atoms with van der Waals surface area (Å²) >= 11 is 3.54. The third-order valence-electron chi connectivity index (χ3n) is 6.17. The van der Waals surface area contributed by atoms with Crippen LogP contribution in [0.25, 0.3) is 16.9 Å². The molecule has 0 aliphatic carbocycles. The molecular weight excluding hydrogens is 498 g/mol. The topological polar surface area (TPSA) is 46.3 Å². The van der Waals surface area contributed by atoms with E-state index in [0.717, 1.165) is 50.4 Å². The third-order valence-corrected chi connectivity index (χ3v) is 6.69. The molecule has 0 N–H and O–H groups in total. The molecule has 0 spiro atoms. The highest BCUT2D eigenvalue weighted by Crippen LogP contribution is 2.40. The van der Waals surface area contributed by atoms with Crippen LogP contribution in [0.3, 0.4) is 0 Å². The lowest BCUT2D eigenvalue weighted by Gasteiger charge is -2.23. The summed E-state index contributed by atoms with van der Waals surface area (Å²) in [6.45, 7) is 0. The van der Waals surface area contributed by atoms with Gasteiger partial charge in [0.25, 0.3) is 0 Å². The van der Waals surface area contributed by atoms with Crippen LogP contribution in [0.5, 0.6) is 0 Å². The van der Waals surface area contributed by atoms with Crippen molar-refractivity contribution in [1.29, 1.82) is 0 Å². The number of pyridine rings is 1. The van der Waals surface area contributed by atoms with E-state index in [1.54, 1.807) is 6.20 Å². The fraction of sp³-hybridized carbons (Fsp3) is 0.0690. The second kappa shape index (κ2) is 9.31. The minimum atomic E-state index is -0.0104. The van der Waals surface area contributed by atoms with Crippen LogP contribution in [-0.4, -0.2) is 20.5 Å². The molecular formula is C29H22BrN5. The average molecular weight is 520 g/mol. The third kappa shape index (κ3) is 4.29. The van der Waals surface area contributed by atoms with Crippen molar-refractivity contribution < 1.29 is 0 Å². The van der Waals surface area contributed by atoms with Crippen LogP contribution in [0.15, 0.2) is 125 Å². The number of nitrogens with zero attached hydrogens (tertiary/aromatic N) is 5. The summed E-state index contributed by atoms with van der Waals surface area (Å²) in [7, 11) is 0. The molecule has 0 bridgehead atoms. The average Bonchev–Trinajstić information content (AvgIpc) is 3.56. The van der Waals surface area contributed by atoms with Gasteiger partial charge in [0.1, 0.15) is 0 Å². The van der Waals surface area contributed by atoms with Crippen LogP contribution in [0.2, 0.25) is 0 Å². The summed E-state index contributed by atoms with van der Waals surface area (Å²) in [4.78, 5) is 4.36. The molecule has 1 unspecified atom stereocenters. The monoisotopic (exact) mass is 519 g/mol. The molecule has 0 amide bonds. The summed E-state index contributed by atoms with van der Waals surface area (Å²) in [5, 5.41) is 12.3. The molecule has 1 aliphatic rings. The Hall–Kier alpha value is -4.03. The van der Waals surface area contributed by atoms with Gasteiger partial charge in [-0.25, -0.2) is 4.68 Å². The van der Waals surface area contributed by atoms with E-state index in [4.69, 9.17) is 10.2 Å². The van der Waals surface area contributed by atoms with Gasteiger partial charge in [0.2, 0.25) is 0 Å². The van der Waals surface area contributed by atoms with Gasteiger partial charge in [-0.15, -0.1) is 0 Å². The van der Waals surface area contributed by atoms with E-state index >= 15 is 0 Å². The number of aromatic nitrogens is 3. The van der Waals surface area contributed by atoms with Gasteiger partial charge in [-0.2, -0.15) is 10.2 Å². The fourth-order valence-corrected chi connectivity index (χ4v) is 4.72. The minimum Gasteiger partial charge on any atom is -0.264 e. The molecule has 6 heteroatoms. The minimum absolute atomic E-state index is 0.0104. The zero-order valence-corrected chi connectivity index (χ0v) is 20.5. The Morgan fingerprint density at radius 2 is 1.46 bits per heavy atom. The summed E-state index contributed by atoms with van der Waals surface area (Å²) in [5.74, 6) is 0. The van der Waals surface area contributed by atoms with Crippen LogP contribution in [0, 0.1) is 0 Å². The number of para-hydroxylation sites is 2. The Balaban J connectivity index is 1.49. The van der Waals surface area contributed by atoms with Crippen molar-refractivity contribution in [3.63, 3.8) is 0 Å². The highest BCUT2D eigenvalue weighted by molar-refractivity contribution is 9.10. The van der Waals surface area contributed by atoms with E-state index in [2.05, 4.69) is 98.8 Å². The van der Waals surface area contributed by atoms with Crippen molar-refractivity contribution in [2.45, 2.75) is 12.5 Å². The summed E-state index contributed by atoms with van der Waals surface area (Å²) in [6.07, 6.45) is 6.57. The predicted molar refractivity (Wildman–Crippen MR) is 144 cm³/mol. The van der Waals surface area contributed by atoms with E-state index in [1.165, 1.54) is 0 Å². The van der Waals surface area contributed by atoms with Gasteiger partial charge >= 0.3 is 0 Å². The quantitative estimate of drug-likeness (QED) is 0.250. The van der Waals surface area contributed by atoms with Gasteiger partial charge in [0, 0.05) is 40.6 Å². The number of halogens is 1. The van der Waals surface area contributed by atoms with Crippen LogP contribution in [0.4, 0.5) is 5.69 Å². The summed E-state index contributed by atoms with van der Waals surface area (Å²) in [5.41, 5.74) is 7.26. The number of hydrogen-bond acceptors (Lipinski definition) is 4. The van der Waals surface area contributed by atoms with Crippen LogP contribution in [0.1, 0.15) is 23.6 Å². The Bertz CT molecular complexity index is 1460. The maximum absolute atomic E-state index is 5.11. The van der Waals surface area contributed by atoms with Crippen molar-refractivity contribution in [2.24, 2.45) is 5.10 Å². The first-order valence-electron chi connectivity index (χ1n) is 11.5. The number of rotatable bonds is 5. The van der Waals surface area contributed by atoms with Gasteiger partial charge < -0.3 is 0 Å². The summed E-state index contributed by atoms with van der Waals surface area (Å²) < 4.78 is 3.01.